The lowest BCUT2D eigenvalue weighted by molar-refractivity contribution is -0.117. The van der Waals surface area contributed by atoms with Crippen LogP contribution in [0.4, 0.5) is 11.4 Å². The molecule has 1 heterocycles. The summed E-state index contributed by atoms with van der Waals surface area (Å²) in [7, 11) is -2.32. The maximum absolute atomic E-state index is 12.6. The molecule has 2 aromatic rings. The van der Waals surface area contributed by atoms with Gasteiger partial charge in [-0.2, -0.15) is 0 Å². The summed E-state index contributed by atoms with van der Waals surface area (Å²) in [5.74, 6) is -0.0156. The number of carbonyl (C=O) groups is 2. The molecule has 0 bridgehead atoms. The maximum atomic E-state index is 12.6. The third-order valence-corrected chi connectivity index (χ3v) is 6.28. The number of methoxy groups -OCH3 is 1. The molecule has 0 fully saturated rings. The van der Waals surface area contributed by atoms with Crippen LogP contribution in [-0.2, 0) is 26.0 Å². The second kappa shape index (κ2) is 9.46. The van der Waals surface area contributed by atoms with Crippen molar-refractivity contribution in [3.8, 4) is 5.75 Å². The summed E-state index contributed by atoms with van der Waals surface area (Å²) in [6.45, 7) is -0.0785. The quantitative estimate of drug-likeness (QED) is 0.599. The number of hydrogen-bond donors (Lipinski definition) is 3. The molecule has 0 unspecified atom stereocenters. The molecule has 0 aliphatic carbocycles. The normalized spacial score (nSPS) is 13.7. The Morgan fingerprint density at radius 3 is 2.77 bits per heavy atom. The topological polar surface area (TPSA) is 114 Å². The van der Waals surface area contributed by atoms with Crippen molar-refractivity contribution in [3.63, 3.8) is 0 Å². The van der Waals surface area contributed by atoms with E-state index in [1.807, 2.05) is 0 Å². The number of anilines is 2. The molecule has 3 N–H and O–H groups in total. The number of rotatable bonds is 7. The summed E-state index contributed by atoms with van der Waals surface area (Å²) in [4.78, 5) is 23.9. The predicted molar refractivity (Wildman–Crippen MR) is 114 cm³/mol. The van der Waals surface area contributed by atoms with Crippen molar-refractivity contribution < 1.29 is 22.7 Å². The Hall–Kier alpha value is -2.62. The molecular weight excluding hydrogens is 430 g/mol. The molecule has 160 valence electrons. The van der Waals surface area contributed by atoms with Gasteiger partial charge in [0.05, 0.1) is 17.7 Å². The van der Waals surface area contributed by atoms with Gasteiger partial charge in [0.25, 0.3) is 0 Å². The number of hydrogen-bond acceptors (Lipinski definition) is 5. The summed E-state index contributed by atoms with van der Waals surface area (Å²) in [6.07, 6.45) is 1.60. The number of amides is 2. The van der Waals surface area contributed by atoms with E-state index in [4.69, 9.17) is 16.3 Å². The van der Waals surface area contributed by atoms with E-state index in [-0.39, 0.29) is 29.7 Å². The van der Waals surface area contributed by atoms with Crippen molar-refractivity contribution in [2.45, 2.75) is 30.6 Å². The van der Waals surface area contributed by atoms with Gasteiger partial charge in [-0.1, -0.05) is 11.6 Å². The summed E-state index contributed by atoms with van der Waals surface area (Å²) >= 11 is 5.94. The summed E-state index contributed by atoms with van der Waals surface area (Å²) < 4.78 is 32.8. The average molecular weight is 452 g/mol. The highest BCUT2D eigenvalue weighted by Crippen LogP contribution is 2.28. The van der Waals surface area contributed by atoms with Crippen LogP contribution in [0.25, 0.3) is 0 Å². The van der Waals surface area contributed by atoms with Crippen molar-refractivity contribution in [2.24, 2.45) is 0 Å². The van der Waals surface area contributed by atoms with E-state index >= 15 is 0 Å². The van der Waals surface area contributed by atoms with Crippen LogP contribution >= 0.6 is 11.6 Å². The number of benzene rings is 2. The molecular formula is C20H22ClN3O5S. The van der Waals surface area contributed by atoms with E-state index in [2.05, 4.69) is 15.4 Å². The van der Waals surface area contributed by atoms with Gasteiger partial charge in [-0.25, -0.2) is 13.1 Å². The third kappa shape index (κ3) is 5.50. The Kier molecular flexibility index (Phi) is 6.96. The van der Waals surface area contributed by atoms with Gasteiger partial charge < -0.3 is 15.4 Å². The van der Waals surface area contributed by atoms with Crippen molar-refractivity contribution in [1.82, 2.24) is 4.72 Å². The monoisotopic (exact) mass is 451 g/mol. The molecule has 1 aliphatic heterocycles. The fourth-order valence-corrected chi connectivity index (χ4v) is 4.35. The van der Waals surface area contributed by atoms with E-state index in [1.165, 1.54) is 13.2 Å². The number of ether oxygens (including phenoxy) is 1. The van der Waals surface area contributed by atoms with Crippen molar-refractivity contribution >= 4 is 44.8 Å². The first kappa shape index (κ1) is 22.1. The number of sulfonamides is 1. The summed E-state index contributed by atoms with van der Waals surface area (Å²) in [6, 6.07) is 9.39. The molecule has 0 saturated heterocycles. The van der Waals surface area contributed by atoms with E-state index < -0.39 is 10.0 Å². The molecule has 0 saturated carbocycles. The van der Waals surface area contributed by atoms with Crippen molar-refractivity contribution in [2.75, 3.05) is 24.3 Å². The van der Waals surface area contributed by atoms with Crippen LogP contribution in [0.2, 0.25) is 5.02 Å². The molecule has 8 nitrogen and oxygen atoms in total. The summed E-state index contributed by atoms with van der Waals surface area (Å²) in [5, 5.41) is 5.86. The van der Waals surface area contributed by atoms with Gasteiger partial charge in [-0.15, -0.1) is 0 Å². The second-order valence-corrected chi connectivity index (χ2v) is 8.96. The molecule has 2 amide bonds. The molecule has 10 heteroatoms. The number of fused-ring (bicyclic) bond motifs is 1. The Morgan fingerprint density at radius 2 is 2.00 bits per heavy atom. The molecule has 30 heavy (non-hydrogen) atoms. The van der Waals surface area contributed by atoms with Crippen LogP contribution in [0.15, 0.2) is 41.3 Å². The van der Waals surface area contributed by atoms with E-state index in [0.29, 0.717) is 41.4 Å². The highest BCUT2D eigenvalue weighted by molar-refractivity contribution is 7.89. The molecule has 0 atom stereocenters. The minimum Gasteiger partial charge on any atom is -0.495 e. The minimum atomic E-state index is -3.80. The van der Waals surface area contributed by atoms with Crippen LogP contribution in [0.5, 0.6) is 5.75 Å². The molecule has 0 radical (unpaired) electrons. The highest BCUT2D eigenvalue weighted by Gasteiger charge is 2.19. The van der Waals surface area contributed by atoms with Crippen molar-refractivity contribution in [3.05, 3.63) is 47.0 Å². The molecule has 1 aliphatic rings. The molecule has 0 aromatic heterocycles. The van der Waals surface area contributed by atoms with Crippen LogP contribution in [0.1, 0.15) is 24.8 Å². The largest absolute Gasteiger partial charge is 0.495 e. The Balaban J connectivity index is 1.60. The fourth-order valence-electron chi connectivity index (χ4n) is 3.09. The highest BCUT2D eigenvalue weighted by atomic mass is 35.5. The van der Waals surface area contributed by atoms with Gasteiger partial charge in [0.15, 0.2) is 0 Å². The smallest absolute Gasteiger partial charge is 0.240 e. The lowest BCUT2D eigenvalue weighted by atomic mass is 10.1. The Labute approximate surface area is 180 Å². The summed E-state index contributed by atoms with van der Waals surface area (Å²) in [5.41, 5.74) is 1.81. The lowest BCUT2D eigenvalue weighted by Gasteiger charge is -2.12. The SMILES string of the molecule is COc1ccc(Cl)cc1NC(=O)CCNS(=O)(=O)c1ccc2c(c1)CCCC(=O)N2. The van der Waals surface area contributed by atoms with Crippen LogP contribution in [0, 0.1) is 0 Å². The van der Waals surface area contributed by atoms with E-state index in [0.717, 1.165) is 5.56 Å². The van der Waals surface area contributed by atoms with Gasteiger partial charge >= 0.3 is 0 Å². The number of aryl methyl sites for hydroxylation is 1. The van der Waals surface area contributed by atoms with Gasteiger partial charge in [0, 0.05) is 30.1 Å². The van der Waals surface area contributed by atoms with E-state index in [9.17, 15) is 18.0 Å². The van der Waals surface area contributed by atoms with Crippen LogP contribution < -0.4 is 20.1 Å². The minimum absolute atomic E-state index is 0.0735. The zero-order valence-electron chi connectivity index (χ0n) is 16.3. The number of nitrogens with one attached hydrogen (secondary N) is 3. The van der Waals surface area contributed by atoms with Gasteiger partial charge in [0.2, 0.25) is 21.8 Å². The lowest BCUT2D eigenvalue weighted by Crippen LogP contribution is -2.28. The zero-order valence-corrected chi connectivity index (χ0v) is 17.9. The molecule has 2 aromatic carbocycles. The fraction of sp³-hybridized carbons (Fsp3) is 0.300. The van der Waals surface area contributed by atoms with Crippen molar-refractivity contribution in [1.29, 1.82) is 0 Å². The third-order valence-electron chi connectivity index (χ3n) is 4.59. The zero-order chi connectivity index (χ0) is 21.7. The first-order valence-corrected chi connectivity index (χ1v) is 11.2. The van der Waals surface area contributed by atoms with Gasteiger partial charge in [-0.05, 0) is 54.8 Å². The van der Waals surface area contributed by atoms with Gasteiger partial charge in [-0.3, -0.25) is 9.59 Å². The van der Waals surface area contributed by atoms with Crippen LogP contribution in [0.3, 0.4) is 0 Å². The number of carbonyl (C=O) groups excluding carboxylic acids is 2. The Morgan fingerprint density at radius 1 is 1.20 bits per heavy atom. The standard InChI is InChI=1S/C20H22ClN3O5S/c1-29-18-8-5-14(21)12-17(18)24-20(26)9-10-22-30(27,28)15-6-7-16-13(11-15)3-2-4-19(25)23-16/h5-8,11-12,22H,2-4,9-10H2,1H3,(H,23,25)(H,24,26). The Bertz CT molecular complexity index is 1070. The first-order valence-electron chi connectivity index (χ1n) is 9.34. The van der Waals surface area contributed by atoms with Crippen LogP contribution in [-0.4, -0.2) is 33.9 Å². The second-order valence-electron chi connectivity index (χ2n) is 6.76. The average Bonchev–Trinajstić information content (AvgIpc) is 2.88. The van der Waals surface area contributed by atoms with E-state index in [1.54, 1.807) is 30.3 Å². The number of halogens is 1. The first-order chi connectivity index (χ1) is 14.3. The van der Waals surface area contributed by atoms with Gasteiger partial charge in [0.1, 0.15) is 5.75 Å². The molecule has 0 spiro atoms. The molecule has 3 rings (SSSR count). The maximum Gasteiger partial charge on any atom is 0.240 e. The predicted octanol–water partition coefficient (Wildman–Crippen LogP) is 2.93.